The van der Waals surface area contributed by atoms with Gasteiger partial charge in [0.05, 0.1) is 16.1 Å². The number of thiophene rings is 1. The predicted molar refractivity (Wildman–Crippen MR) is 118 cm³/mol. The van der Waals surface area contributed by atoms with Crippen LogP contribution in [0.5, 0.6) is 0 Å². The van der Waals surface area contributed by atoms with E-state index in [1.54, 1.807) is 54.9 Å². The SMILES string of the molecule is CCC(OC(=O)c1ccc(-c2ncc[nH]2)cc1)C(=O)Nc1nc(-c2cccs2)cs1. The van der Waals surface area contributed by atoms with Crippen LogP contribution in [0, 0.1) is 0 Å². The molecule has 1 unspecified atom stereocenters. The number of imidazole rings is 1. The van der Waals surface area contributed by atoms with Gasteiger partial charge in [0.2, 0.25) is 0 Å². The second-order valence-corrected chi connectivity index (χ2v) is 8.13. The van der Waals surface area contributed by atoms with Crippen LogP contribution in [0.1, 0.15) is 23.7 Å². The number of esters is 1. The van der Waals surface area contributed by atoms with Gasteiger partial charge < -0.3 is 9.72 Å². The van der Waals surface area contributed by atoms with E-state index in [-0.39, 0.29) is 0 Å². The van der Waals surface area contributed by atoms with Crippen LogP contribution < -0.4 is 5.32 Å². The number of nitrogens with zero attached hydrogens (tertiary/aromatic N) is 2. The van der Waals surface area contributed by atoms with E-state index in [0.717, 1.165) is 16.1 Å². The maximum Gasteiger partial charge on any atom is 0.338 e. The number of nitrogens with one attached hydrogen (secondary N) is 2. The maximum atomic E-state index is 12.6. The molecule has 1 aromatic carbocycles. The van der Waals surface area contributed by atoms with Gasteiger partial charge in [-0.25, -0.2) is 14.8 Å². The monoisotopic (exact) mass is 438 g/mol. The van der Waals surface area contributed by atoms with E-state index < -0.39 is 18.0 Å². The highest BCUT2D eigenvalue weighted by Gasteiger charge is 2.23. The number of benzene rings is 1. The molecule has 0 saturated heterocycles. The normalized spacial score (nSPS) is 11.8. The fourth-order valence-electron chi connectivity index (χ4n) is 2.76. The van der Waals surface area contributed by atoms with Crippen molar-refractivity contribution < 1.29 is 14.3 Å². The van der Waals surface area contributed by atoms with Gasteiger partial charge in [0.25, 0.3) is 5.91 Å². The third-order valence-electron chi connectivity index (χ3n) is 4.31. The number of carbonyl (C=O) groups excluding carboxylic acids is 2. The van der Waals surface area contributed by atoms with Crippen molar-refractivity contribution in [3.05, 3.63) is 65.1 Å². The second-order valence-electron chi connectivity index (χ2n) is 6.32. The number of aromatic amines is 1. The molecule has 2 N–H and O–H groups in total. The van der Waals surface area contributed by atoms with Crippen LogP contribution >= 0.6 is 22.7 Å². The molecule has 0 aliphatic carbocycles. The number of carbonyl (C=O) groups is 2. The minimum absolute atomic E-state index is 0.352. The minimum atomic E-state index is -0.906. The highest BCUT2D eigenvalue weighted by Crippen LogP contribution is 2.28. The fourth-order valence-corrected chi connectivity index (χ4v) is 4.24. The van der Waals surface area contributed by atoms with Crippen molar-refractivity contribution in [2.45, 2.75) is 19.4 Å². The van der Waals surface area contributed by atoms with Gasteiger partial charge in [0.1, 0.15) is 5.82 Å². The molecule has 0 spiro atoms. The number of anilines is 1. The van der Waals surface area contributed by atoms with Crippen LogP contribution in [-0.4, -0.2) is 32.9 Å². The first-order valence-corrected chi connectivity index (χ1v) is 11.0. The summed E-state index contributed by atoms with van der Waals surface area (Å²) in [6, 6.07) is 10.8. The highest BCUT2D eigenvalue weighted by atomic mass is 32.1. The summed E-state index contributed by atoms with van der Waals surface area (Å²) in [6.45, 7) is 1.79. The van der Waals surface area contributed by atoms with Gasteiger partial charge in [0, 0.05) is 23.3 Å². The Hall–Kier alpha value is -3.30. The first kappa shape index (κ1) is 20.0. The van der Waals surface area contributed by atoms with Gasteiger partial charge in [-0.3, -0.25) is 10.1 Å². The maximum absolute atomic E-state index is 12.6. The lowest BCUT2D eigenvalue weighted by molar-refractivity contribution is -0.124. The third kappa shape index (κ3) is 4.47. The van der Waals surface area contributed by atoms with E-state index >= 15 is 0 Å². The van der Waals surface area contributed by atoms with E-state index in [9.17, 15) is 9.59 Å². The highest BCUT2D eigenvalue weighted by molar-refractivity contribution is 7.16. The molecule has 9 heteroatoms. The standard InChI is InChI=1S/C21H18N4O3S2/c1-2-16(19(26)25-21-24-15(12-30-21)17-4-3-11-29-17)28-20(27)14-7-5-13(6-8-14)18-22-9-10-23-18/h3-12,16H,2H2,1H3,(H,22,23)(H,24,25,26). The number of thiazole rings is 1. The Balaban J connectivity index is 1.38. The molecule has 3 aromatic heterocycles. The van der Waals surface area contributed by atoms with Crippen molar-refractivity contribution in [3.8, 4) is 22.0 Å². The Morgan fingerprint density at radius 1 is 1.20 bits per heavy atom. The van der Waals surface area contributed by atoms with Gasteiger partial charge in [-0.2, -0.15) is 0 Å². The number of H-pyrrole nitrogens is 1. The summed E-state index contributed by atoms with van der Waals surface area (Å²) >= 11 is 2.92. The summed E-state index contributed by atoms with van der Waals surface area (Å²) in [5.41, 5.74) is 2.03. The molecule has 4 aromatic rings. The summed E-state index contributed by atoms with van der Waals surface area (Å²) in [4.78, 5) is 37.7. The van der Waals surface area contributed by atoms with Gasteiger partial charge in [-0.05, 0) is 30.0 Å². The molecule has 0 saturated carbocycles. The number of amides is 1. The molecule has 1 atom stereocenters. The predicted octanol–water partition coefficient (Wildman–Crippen LogP) is 4.84. The number of aromatic nitrogens is 3. The van der Waals surface area contributed by atoms with Crippen molar-refractivity contribution in [2.75, 3.05) is 5.32 Å². The van der Waals surface area contributed by atoms with E-state index in [4.69, 9.17) is 4.74 Å². The topological polar surface area (TPSA) is 97.0 Å². The molecule has 0 bridgehead atoms. The Kier molecular flexibility index (Phi) is 6.01. The summed E-state index contributed by atoms with van der Waals surface area (Å²) in [5.74, 6) is -0.238. The van der Waals surface area contributed by atoms with E-state index in [1.165, 1.54) is 11.3 Å². The lowest BCUT2D eigenvalue weighted by atomic mass is 10.1. The lowest BCUT2D eigenvalue weighted by Crippen LogP contribution is -2.32. The van der Waals surface area contributed by atoms with Crippen LogP contribution in [-0.2, 0) is 9.53 Å². The molecule has 0 radical (unpaired) electrons. The number of hydrogen-bond donors (Lipinski definition) is 2. The molecule has 30 heavy (non-hydrogen) atoms. The molecular weight excluding hydrogens is 420 g/mol. The average molecular weight is 439 g/mol. The first-order chi connectivity index (χ1) is 14.6. The Morgan fingerprint density at radius 2 is 2.03 bits per heavy atom. The fraction of sp³-hybridized carbons (Fsp3) is 0.143. The van der Waals surface area contributed by atoms with Crippen molar-refractivity contribution in [3.63, 3.8) is 0 Å². The van der Waals surface area contributed by atoms with Crippen molar-refractivity contribution in [1.29, 1.82) is 0 Å². The molecule has 0 aliphatic rings. The van der Waals surface area contributed by atoms with Gasteiger partial charge in [-0.15, -0.1) is 22.7 Å². The lowest BCUT2D eigenvalue weighted by Gasteiger charge is -2.15. The van der Waals surface area contributed by atoms with Crippen LogP contribution in [0.2, 0.25) is 0 Å². The minimum Gasteiger partial charge on any atom is -0.449 e. The Morgan fingerprint density at radius 3 is 2.70 bits per heavy atom. The number of hydrogen-bond acceptors (Lipinski definition) is 7. The molecule has 0 aliphatic heterocycles. The van der Waals surface area contributed by atoms with Crippen LogP contribution in [0.25, 0.3) is 22.0 Å². The van der Waals surface area contributed by atoms with Gasteiger partial charge >= 0.3 is 5.97 Å². The number of ether oxygens (including phenoxy) is 1. The summed E-state index contributed by atoms with van der Waals surface area (Å²) < 4.78 is 5.43. The van der Waals surface area contributed by atoms with E-state index in [0.29, 0.717) is 22.9 Å². The summed E-state index contributed by atoms with van der Waals surface area (Å²) in [5, 5.41) is 7.07. The van der Waals surface area contributed by atoms with E-state index in [2.05, 4.69) is 20.3 Å². The molecular formula is C21H18N4O3S2. The van der Waals surface area contributed by atoms with Gasteiger partial charge in [0.15, 0.2) is 11.2 Å². The zero-order valence-electron chi connectivity index (χ0n) is 16.0. The second kappa shape index (κ2) is 9.02. The van der Waals surface area contributed by atoms with Gasteiger partial charge in [-0.1, -0.05) is 25.1 Å². The summed E-state index contributed by atoms with van der Waals surface area (Å²) in [6.07, 6.45) is 2.84. The van der Waals surface area contributed by atoms with Crippen molar-refractivity contribution in [1.82, 2.24) is 15.0 Å². The molecule has 7 nitrogen and oxygen atoms in total. The largest absolute Gasteiger partial charge is 0.449 e. The number of rotatable bonds is 7. The summed E-state index contributed by atoms with van der Waals surface area (Å²) in [7, 11) is 0. The third-order valence-corrected chi connectivity index (χ3v) is 5.96. The van der Waals surface area contributed by atoms with Crippen molar-refractivity contribution >= 4 is 39.7 Å². The molecule has 0 fully saturated rings. The quantitative estimate of drug-likeness (QED) is 0.403. The van der Waals surface area contributed by atoms with Crippen LogP contribution in [0.15, 0.2) is 59.6 Å². The Bertz CT molecular complexity index is 1120. The zero-order chi connectivity index (χ0) is 20.9. The average Bonchev–Trinajstić information content (AvgIpc) is 3.54. The molecule has 1 amide bonds. The Labute approximate surface area is 180 Å². The van der Waals surface area contributed by atoms with E-state index in [1.807, 2.05) is 22.9 Å². The van der Waals surface area contributed by atoms with Crippen molar-refractivity contribution in [2.24, 2.45) is 0 Å². The molecule has 4 rings (SSSR count). The van der Waals surface area contributed by atoms with Crippen LogP contribution in [0.4, 0.5) is 5.13 Å². The smallest absolute Gasteiger partial charge is 0.338 e. The first-order valence-electron chi connectivity index (χ1n) is 9.25. The molecule has 3 heterocycles. The molecule has 152 valence electrons. The van der Waals surface area contributed by atoms with Crippen LogP contribution in [0.3, 0.4) is 0 Å². The zero-order valence-corrected chi connectivity index (χ0v) is 17.6.